The second-order valence-electron chi connectivity index (χ2n) is 7.54. The number of amides is 1. The standard InChI is InChI=1S/C21H28N4O/c1-4-16-8-10-17(11-9-16)25-19-7-5-6-18(19)20(23-25)21(26)24-13-12-22-14(2)15(24)3/h8-11,14-15,22H,4-7,12-13H2,1-3H3. The second kappa shape index (κ2) is 6.88. The first-order valence-electron chi connectivity index (χ1n) is 9.84. The van der Waals surface area contributed by atoms with Gasteiger partial charge in [-0.2, -0.15) is 5.10 Å². The molecule has 1 aromatic carbocycles. The highest BCUT2D eigenvalue weighted by atomic mass is 16.2. The number of hydrogen-bond acceptors (Lipinski definition) is 3. The van der Waals surface area contributed by atoms with E-state index in [2.05, 4.69) is 50.4 Å². The molecule has 1 N–H and O–H groups in total. The van der Waals surface area contributed by atoms with Crippen LogP contribution in [0.4, 0.5) is 0 Å². The number of nitrogens with one attached hydrogen (secondary N) is 1. The van der Waals surface area contributed by atoms with Crippen molar-refractivity contribution in [1.82, 2.24) is 20.0 Å². The summed E-state index contributed by atoms with van der Waals surface area (Å²) in [5.41, 5.74) is 5.41. The van der Waals surface area contributed by atoms with E-state index in [0.29, 0.717) is 11.7 Å². The predicted octanol–water partition coefficient (Wildman–Crippen LogP) is 2.75. The van der Waals surface area contributed by atoms with Crippen molar-refractivity contribution < 1.29 is 4.79 Å². The van der Waals surface area contributed by atoms with Crippen molar-refractivity contribution in [3.05, 3.63) is 46.8 Å². The zero-order chi connectivity index (χ0) is 18.3. The number of fused-ring (bicyclic) bond motifs is 1. The fourth-order valence-electron chi connectivity index (χ4n) is 4.17. The van der Waals surface area contributed by atoms with Crippen LogP contribution in [0.3, 0.4) is 0 Å². The number of nitrogens with zero attached hydrogens (tertiary/aromatic N) is 3. The van der Waals surface area contributed by atoms with Crippen LogP contribution in [0.5, 0.6) is 0 Å². The molecule has 2 aromatic rings. The number of benzene rings is 1. The largest absolute Gasteiger partial charge is 0.332 e. The van der Waals surface area contributed by atoms with Crippen LogP contribution in [-0.4, -0.2) is 45.8 Å². The molecule has 2 aliphatic rings. The quantitative estimate of drug-likeness (QED) is 0.924. The molecule has 0 radical (unpaired) electrons. The van der Waals surface area contributed by atoms with Crippen LogP contribution in [0.25, 0.3) is 5.69 Å². The summed E-state index contributed by atoms with van der Waals surface area (Å²) in [6.07, 6.45) is 4.09. The van der Waals surface area contributed by atoms with Crippen LogP contribution < -0.4 is 5.32 Å². The van der Waals surface area contributed by atoms with Gasteiger partial charge in [-0.3, -0.25) is 4.79 Å². The minimum atomic E-state index is 0.0907. The molecule has 2 heterocycles. The zero-order valence-corrected chi connectivity index (χ0v) is 16.0. The Morgan fingerprint density at radius 2 is 2.00 bits per heavy atom. The van der Waals surface area contributed by atoms with Crippen LogP contribution in [0.1, 0.15) is 54.5 Å². The molecule has 0 bridgehead atoms. The molecule has 1 aromatic heterocycles. The van der Waals surface area contributed by atoms with Gasteiger partial charge >= 0.3 is 0 Å². The van der Waals surface area contributed by atoms with Gasteiger partial charge in [0.05, 0.1) is 5.69 Å². The maximum atomic E-state index is 13.3. The van der Waals surface area contributed by atoms with Gasteiger partial charge in [0.25, 0.3) is 5.91 Å². The Bertz CT molecular complexity index is 808. The summed E-state index contributed by atoms with van der Waals surface area (Å²) in [5.74, 6) is 0.0907. The lowest BCUT2D eigenvalue weighted by Crippen LogP contribution is -2.57. The summed E-state index contributed by atoms with van der Waals surface area (Å²) in [4.78, 5) is 15.3. The summed E-state index contributed by atoms with van der Waals surface area (Å²) in [6, 6.07) is 9.04. The first-order chi connectivity index (χ1) is 12.6. The van der Waals surface area contributed by atoms with E-state index >= 15 is 0 Å². The molecule has 2 unspecified atom stereocenters. The first kappa shape index (κ1) is 17.3. The van der Waals surface area contributed by atoms with Crippen molar-refractivity contribution in [3.63, 3.8) is 0 Å². The number of carbonyl (C=O) groups is 1. The summed E-state index contributed by atoms with van der Waals surface area (Å²) < 4.78 is 2.01. The van der Waals surface area contributed by atoms with Crippen LogP contribution in [-0.2, 0) is 19.3 Å². The van der Waals surface area contributed by atoms with Gasteiger partial charge in [0.1, 0.15) is 0 Å². The fraction of sp³-hybridized carbons (Fsp3) is 0.524. The van der Waals surface area contributed by atoms with Gasteiger partial charge in [-0.1, -0.05) is 19.1 Å². The predicted molar refractivity (Wildman–Crippen MR) is 103 cm³/mol. The van der Waals surface area contributed by atoms with Gasteiger partial charge in [0.15, 0.2) is 5.69 Å². The van der Waals surface area contributed by atoms with Gasteiger partial charge in [-0.05, 0) is 57.2 Å². The monoisotopic (exact) mass is 352 g/mol. The first-order valence-corrected chi connectivity index (χ1v) is 9.84. The average Bonchev–Trinajstić information content (AvgIpc) is 3.26. The number of aromatic nitrogens is 2. The van der Waals surface area contributed by atoms with Crippen LogP contribution >= 0.6 is 0 Å². The Morgan fingerprint density at radius 3 is 2.73 bits per heavy atom. The molecule has 1 aliphatic carbocycles. The molecular weight excluding hydrogens is 324 g/mol. The minimum Gasteiger partial charge on any atom is -0.332 e. The lowest BCUT2D eigenvalue weighted by atomic mass is 10.1. The second-order valence-corrected chi connectivity index (χ2v) is 7.54. The fourth-order valence-corrected chi connectivity index (χ4v) is 4.17. The van der Waals surface area contributed by atoms with E-state index in [-0.39, 0.29) is 11.9 Å². The molecule has 5 nitrogen and oxygen atoms in total. The smallest absolute Gasteiger partial charge is 0.275 e. The van der Waals surface area contributed by atoms with E-state index in [9.17, 15) is 4.79 Å². The zero-order valence-electron chi connectivity index (χ0n) is 16.0. The van der Waals surface area contributed by atoms with E-state index in [1.807, 2.05) is 9.58 Å². The third kappa shape index (κ3) is 2.84. The highest BCUT2D eigenvalue weighted by Gasteiger charge is 2.34. The van der Waals surface area contributed by atoms with Gasteiger partial charge < -0.3 is 10.2 Å². The molecule has 1 fully saturated rings. The molecule has 0 saturated carbocycles. The van der Waals surface area contributed by atoms with Crippen molar-refractivity contribution >= 4 is 5.91 Å². The average molecular weight is 352 g/mol. The topological polar surface area (TPSA) is 50.2 Å². The summed E-state index contributed by atoms with van der Waals surface area (Å²) in [7, 11) is 0. The normalized spacial score (nSPS) is 22.5. The molecule has 1 aliphatic heterocycles. The molecule has 1 amide bonds. The Labute approximate surface area is 155 Å². The number of piperazine rings is 1. The van der Waals surface area contributed by atoms with Gasteiger partial charge in [0, 0.05) is 36.4 Å². The molecular formula is C21H28N4O. The van der Waals surface area contributed by atoms with Crippen LogP contribution in [0, 0.1) is 0 Å². The highest BCUT2D eigenvalue weighted by molar-refractivity contribution is 5.94. The Morgan fingerprint density at radius 1 is 1.23 bits per heavy atom. The maximum Gasteiger partial charge on any atom is 0.275 e. The van der Waals surface area contributed by atoms with E-state index in [0.717, 1.165) is 50.0 Å². The van der Waals surface area contributed by atoms with E-state index in [1.54, 1.807) is 0 Å². The lowest BCUT2D eigenvalue weighted by Gasteiger charge is -2.38. The number of carbonyl (C=O) groups excluding carboxylic acids is 1. The van der Waals surface area contributed by atoms with Crippen molar-refractivity contribution in [3.8, 4) is 5.69 Å². The third-order valence-electron chi connectivity index (χ3n) is 6.02. The molecule has 26 heavy (non-hydrogen) atoms. The third-order valence-corrected chi connectivity index (χ3v) is 6.02. The van der Waals surface area contributed by atoms with Crippen LogP contribution in [0.2, 0.25) is 0 Å². The highest BCUT2D eigenvalue weighted by Crippen LogP contribution is 2.29. The summed E-state index contributed by atoms with van der Waals surface area (Å²) >= 11 is 0. The number of hydrogen-bond donors (Lipinski definition) is 1. The summed E-state index contributed by atoms with van der Waals surface area (Å²) in [6.45, 7) is 8.01. The molecule has 2 atom stereocenters. The van der Waals surface area contributed by atoms with E-state index < -0.39 is 0 Å². The van der Waals surface area contributed by atoms with Gasteiger partial charge in [-0.15, -0.1) is 0 Å². The van der Waals surface area contributed by atoms with Crippen molar-refractivity contribution in [2.75, 3.05) is 13.1 Å². The molecule has 138 valence electrons. The van der Waals surface area contributed by atoms with Gasteiger partial charge in [0.2, 0.25) is 0 Å². The van der Waals surface area contributed by atoms with E-state index in [4.69, 9.17) is 5.10 Å². The maximum absolute atomic E-state index is 13.3. The van der Waals surface area contributed by atoms with Crippen LogP contribution in [0.15, 0.2) is 24.3 Å². The Balaban J connectivity index is 1.70. The van der Waals surface area contributed by atoms with E-state index in [1.165, 1.54) is 11.3 Å². The number of aryl methyl sites for hydroxylation is 1. The van der Waals surface area contributed by atoms with Crippen molar-refractivity contribution in [2.45, 2.75) is 58.5 Å². The molecule has 4 rings (SSSR count). The molecule has 1 saturated heterocycles. The Kier molecular flexibility index (Phi) is 4.57. The minimum absolute atomic E-state index is 0.0907. The molecule has 5 heteroatoms. The SMILES string of the molecule is CCc1ccc(-n2nc(C(=O)N3CCNC(C)C3C)c3c2CCC3)cc1. The Hall–Kier alpha value is -2.14. The summed E-state index contributed by atoms with van der Waals surface area (Å²) in [5, 5.41) is 8.24. The lowest BCUT2D eigenvalue weighted by molar-refractivity contribution is 0.0595. The van der Waals surface area contributed by atoms with Gasteiger partial charge in [-0.25, -0.2) is 4.68 Å². The van der Waals surface area contributed by atoms with Crippen molar-refractivity contribution in [1.29, 1.82) is 0 Å². The van der Waals surface area contributed by atoms with Crippen molar-refractivity contribution in [2.24, 2.45) is 0 Å². The number of rotatable bonds is 3. The molecule has 0 spiro atoms.